The van der Waals surface area contributed by atoms with Crippen molar-refractivity contribution < 1.29 is 4.79 Å². The monoisotopic (exact) mass is 455 g/mol. The number of fused-ring (bicyclic) bond motifs is 1. The molecule has 0 spiro atoms. The number of benzene rings is 2. The molecule has 6 heteroatoms. The number of pyridine rings is 1. The molecule has 4 nitrogen and oxygen atoms in total. The summed E-state index contributed by atoms with van der Waals surface area (Å²) in [6.07, 6.45) is 5.30. The highest BCUT2D eigenvalue weighted by Gasteiger charge is 2.22. The van der Waals surface area contributed by atoms with Gasteiger partial charge >= 0.3 is 0 Å². The number of halogens is 2. The number of nitrogens with zero attached hydrogens (tertiary/aromatic N) is 2. The van der Waals surface area contributed by atoms with Gasteiger partial charge in [0.2, 0.25) is 0 Å². The van der Waals surface area contributed by atoms with E-state index in [1.807, 2.05) is 25.1 Å². The summed E-state index contributed by atoms with van der Waals surface area (Å²) in [5.74, 6) is 0.708. The molecule has 4 rings (SSSR count). The average Bonchev–Trinajstić information content (AvgIpc) is 2.70. The van der Waals surface area contributed by atoms with Crippen LogP contribution in [0.15, 0.2) is 59.1 Å². The third-order valence-electron chi connectivity index (χ3n) is 4.85. The summed E-state index contributed by atoms with van der Waals surface area (Å²) in [4.78, 5) is 20.4. The predicted octanol–water partition coefficient (Wildman–Crippen LogP) is 5.98. The standard InChI is InChI=1S/C22H19BrClN3O/c1-14-20(22(28)25-17-8-6-16(24)7-9-17)18-13-15(23)5-10-19(18)26-21(14)27-11-3-2-4-12-27/h2-3,5-10,13H,4,11-12H2,1H3,(H,25,28). The molecule has 1 aliphatic rings. The van der Waals surface area contributed by atoms with Crippen molar-refractivity contribution in [3.63, 3.8) is 0 Å². The number of rotatable bonds is 3. The first-order valence-electron chi connectivity index (χ1n) is 9.09. The molecule has 1 aliphatic heterocycles. The number of hydrogen-bond donors (Lipinski definition) is 1. The Hall–Kier alpha value is -2.37. The molecule has 28 heavy (non-hydrogen) atoms. The van der Waals surface area contributed by atoms with Crippen molar-refractivity contribution in [2.24, 2.45) is 0 Å². The van der Waals surface area contributed by atoms with Gasteiger partial charge in [0.15, 0.2) is 0 Å². The smallest absolute Gasteiger partial charge is 0.256 e. The molecule has 0 radical (unpaired) electrons. The second-order valence-corrected chi connectivity index (χ2v) is 8.12. The van der Waals surface area contributed by atoms with Crippen molar-refractivity contribution in [2.75, 3.05) is 23.3 Å². The molecule has 1 N–H and O–H groups in total. The van der Waals surface area contributed by atoms with E-state index in [4.69, 9.17) is 16.6 Å². The fourth-order valence-electron chi connectivity index (χ4n) is 3.48. The quantitative estimate of drug-likeness (QED) is 0.493. The SMILES string of the molecule is Cc1c(N2CC=CCC2)nc2ccc(Br)cc2c1C(=O)Nc1ccc(Cl)cc1. The Labute approximate surface area is 177 Å². The Balaban J connectivity index is 1.83. The van der Waals surface area contributed by atoms with E-state index in [1.165, 1.54) is 0 Å². The second-order valence-electron chi connectivity index (χ2n) is 6.76. The minimum absolute atomic E-state index is 0.154. The van der Waals surface area contributed by atoms with Crippen LogP contribution in [0.3, 0.4) is 0 Å². The zero-order valence-corrected chi connectivity index (χ0v) is 17.7. The van der Waals surface area contributed by atoms with Crippen LogP contribution < -0.4 is 10.2 Å². The number of carbonyl (C=O) groups is 1. The highest BCUT2D eigenvalue weighted by atomic mass is 79.9. The highest BCUT2D eigenvalue weighted by molar-refractivity contribution is 9.10. The van der Waals surface area contributed by atoms with E-state index in [0.717, 1.165) is 46.3 Å². The van der Waals surface area contributed by atoms with Gasteiger partial charge in [0.1, 0.15) is 5.82 Å². The Morgan fingerprint density at radius 2 is 1.96 bits per heavy atom. The first-order valence-corrected chi connectivity index (χ1v) is 10.3. The Kier molecular flexibility index (Phi) is 5.38. The molecule has 1 aromatic heterocycles. The summed E-state index contributed by atoms with van der Waals surface area (Å²) in [5.41, 5.74) is 3.04. The number of hydrogen-bond acceptors (Lipinski definition) is 3. The summed E-state index contributed by atoms with van der Waals surface area (Å²) in [6.45, 7) is 3.66. The van der Waals surface area contributed by atoms with Gasteiger partial charge in [0.05, 0.1) is 11.1 Å². The second kappa shape index (κ2) is 7.94. The first kappa shape index (κ1) is 19.0. The number of anilines is 2. The Morgan fingerprint density at radius 1 is 1.18 bits per heavy atom. The maximum Gasteiger partial charge on any atom is 0.256 e. The van der Waals surface area contributed by atoms with Crippen LogP contribution in [0, 0.1) is 6.92 Å². The van der Waals surface area contributed by atoms with Gasteiger partial charge in [-0.2, -0.15) is 0 Å². The maximum atomic E-state index is 13.3. The van der Waals surface area contributed by atoms with Crippen LogP contribution in [0.25, 0.3) is 10.9 Å². The molecule has 0 atom stereocenters. The van der Waals surface area contributed by atoms with Crippen LogP contribution in [-0.2, 0) is 0 Å². The van der Waals surface area contributed by atoms with E-state index in [9.17, 15) is 4.79 Å². The summed E-state index contributed by atoms with van der Waals surface area (Å²) < 4.78 is 0.912. The maximum absolute atomic E-state index is 13.3. The summed E-state index contributed by atoms with van der Waals surface area (Å²) in [5, 5.41) is 4.46. The van der Waals surface area contributed by atoms with Gasteiger partial charge in [-0.05, 0) is 55.8 Å². The molecule has 0 fully saturated rings. The lowest BCUT2D eigenvalue weighted by atomic mass is 10.0. The van der Waals surface area contributed by atoms with Crippen LogP contribution in [0.5, 0.6) is 0 Å². The molecule has 0 saturated carbocycles. The lowest BCUT2D eigenvalue weighted by Gasteiger charge is -2.27. The van der Waals surface area contributed by atoms with Crippen molar-refractivity contribution >= 4 is 55.8 Å². The van der Waals surface area contributed by atoms with Gasteiger partial charge in [-0.25, -0.2) is 4.98 Å². The third-order valence-corrected chi connectivity index (χ3v) is 5.60. The molecule has 2 aromatic carbocycles. The van der Waals surface area contributed by atoms with Gasteiger partial charge in [0.25, 0.3) is 5.91 Å². The molecular weight excluding hydrogens is 438 g/mol. The molecular formula is C22H19BrClN3O. The lowest BCUT2D eigenvalue weighted by Crippen LogP contribution is -2.29. The third kappa shape index (κ3) is 3.77. The molecule has 1 amide bonds. The predicted molar refractivity (Wildman–Crippen MR) is 120 cm³/mol. The summed E-state index contributed by atoms with van der Waals surface area (Å²) in [6, 6.07) is 13.0. The fraction of sp³-hybridized carbons (Fsp3) is 0.182. The number of carbonyl (C=O) groups excluding carboxylic acids is 1. The van der Waals surface area contributed by atoms with Crippen LogP contribution in [-0.4, -0.2) is 24.0 Å². The zero-order chi connectivity index (χ0) is 19.7. The van der Waals surface area contributed by atoms with Gasteiger partial charge in [0, 0.05) is 39.2 Å². The van der Waals surface area contributed by atoms with Crippen LogP contribution in [0.4, 0.5) is 11.5 Å². The van der Waals surface area contributed by atoms with E-state index in [0.29, 0.717) is 16.3 Å². The van der Waals surface area contributed by atoms with E-state index in [2.05, 4.69) is 38.3 Å². The Bertz CT molecular complexity index is 1080. The van der Waals surface area contributed by atoms with Gasteiger partial charge in [-0.15, -0.1) is 0 Å². The van der Waals surface area contributed by atoms with E-state index in [-0.39, 0.29) is 5.91 Å². The topological polar surface area (TPSA) is 45.2 Å². The summed E-state index contributed by atoms with van der Waals surface area (Å²) in [7, 11) is 0. The van der Waals surface area contributed by atoms with E-state index in [1.54, 1.807) is 24.3 Å². The number of amides is 1. The van der Waals surface area contributed by atoms with Crippen molar-refractivity contribution in [3.8, 4) is 0 Å². The molecule has 0 saturated heterocycles. The van der Waals surface area contributed by atoms with Gasteiger partial charge in [-0.3, -0.25) is 4.79 Å². The largest absolute Gasteiger partial charge is 0.352 e. The van der Waals surface area contributed by atoms with Gasteiger partial charge in [-0.1, -0.05) is 39.7 Å². The van der Waals surface area contributed by atoms with E-state index < -0.39 is 0 Å². The molecule has 0 bridgehead atoms. The zero-order valence-electron chi connectivity index (χ0n) is 15.4. The molecule has 3 aromatic rings. The van der Waals surface area contributed by atoms with Gasteiger partial charge < -0.3 is 10.2 Å². The highest BCUT2D eigenvalue weighted by Crippen LogP contribution is 2.31. The average molecular weight is 457 g/mol. The van der Waals surface area contributed by atoms with Crippen LogP contribution in [0.2, 0.25) is 5.02 Å². The van der Waals surface area contributed by atoms with Crippen molar-refractivity contribution in [1.29, 1.82) is 0 Å². The molecule has 0 unspecified atom stereocenters. The molecule has 142 valence electrons. The van der Waals surface area contributed by atoms with E-state index >= 15 is 0 Å². The first-order chi connectivity index (χ1) is 13.5. The summed E-state index contributed by atoms with van der Waals surface area (Å²) >= 11 is 9.47. The minimum Gasteiger partial charge on any atom is -0.352 e. The number of aromatic nitrogens is 1. The van der Waals surface area contributed by atoms with Crippen molar-refractivity contribution in [3.05, 3.63) is 75.2 Å². The van der Waals surface area contributed by atoms with Crippen LogP contribution in [0.1, 0.15) is 22.3 Å². The Morgan fingerprint density at radius 3 is 2.68 bits per heavy atom. The normalized spacial score (nSPS) is 13.8. The fourth-order valence-corrected chi connectivity index (χ4v) is 3.97. The van der Waals surface area contributed by atoms with Crippen LogP contribution >= 0.6 is 27.5 Å². The number of nitrogens with one attached hydrogen (secondary N) is 1. The minimum atomic E-state index is -0.154. The van der Waals surface area contributed by atoms with Crippen molar-refractivity contribution in [2.45, 2.75) is 13.3 Å². The van der Waals surface area contributed by atoms with Crippen molar-refractivity contribution in [1.82, 2.24) is 4.98 Å². The molecule has 0 aliphatic carbocycles. The molecule has 2 heterocycles. The lowest BCUT2D eigenvalue weighted by molar-refractivity contribution is 0.102.